The minimum atomic E-state index is -3.49. The zero-order valence-corrected chi connectivity index (χ0v) is 17.6. The van der Waals surface area contributed by atoms with Gasteiger partial charge in [-0.05, 0) is 54.0 Å². The molecule has 1 heterocycles. The van der Waals surface area contributed by atoms with Gasteiger partial charge in [-0.25, -0.2) is 8.42 Å². The van der Waals surface area contributed by atoms with Crippen LogP contribution in [0.1, 0.15) is 25.3 Å². The van der Waals surface area contributed by atoms with Crippen molar-refractivity contribution in [1.29, 1.82) is 0 Å². The van der Waals surface area contributed by atoms with Crippen molar-refractivity contribution in [2.45, 2.75) is 24.7 Å². The van der Waals surface area contributed by atoms with Crippen LogP contribution in [0.5, 0.6) is 0 Å². The van der Waals surface area contributed by atoms with E-state index in [2.05, 4.69) is 30.5 Å². The summed E-state index contributed by atoms with van der Waals surface area (Å²) in [7, 11) is -3.49. The number of hydrogen-bond acceptors (Lipinski definition) is 4. The number of sulfonamides is 1. The lowest BCUT2D eigenvalue weighted by molar-refractivity contribution is 0.0730. The summed E-state index contributed by atoms with van der Waals surface area (Å²) in [6.45, 7) is 5.87. The normalized spacial score (nSPS) is 15.4. The Morgan fingerprint density at radius 1 is 1.04 bits per heavy atom. The largest absolute Gasteiger partial charge is 0.379 e. The number of benzene rings is 2. The van der Waals surface area contributed by atoms with Crippen LogP contribution in [0.2, 0.25) is 0 Å². The molecule has 1 fully saturated rings. The van der Waals surface area contributed by atoms with Crippen molar-refractivity contribution < 1.29 is 13.2 Å². The molecular formula is C20H25N3O3S2. The number of rotatable bonds is 5. The van der Waals surface area contributed by atoms with Crippen LogP contribution in [-0.4, -0.2) is 44.1 Å². The maximum absolute atomic E-state index is 12.7. The molecule has 0 unspecified atom stereocenters. The van der Waals surface area contributed by atoms with Crippen molar-refractivity contribution in [2.24, 2.45) is 0 Å². The van der Waals surface area contributed by atoms with E-state index in [4.69, 9.17) is 17.0 Å². The number of ether oxygens (including phenoxy) is 1. The molecule has 0 aromatic heterocycles. The van der Waals surface area contributed by atoms with E-state index in [1.54, 1.807) is 24.3 Å². The molecule has 3 rings (SSSR count). The van der Waals surface area contributed by atoms with E-state index >= 15 is 0 Å². The van der Waals surface area contributed by atoms with Crippen molar-refractivity contribution in [3.63, 3.8) is 0 Å². The second-order valence-corrected chi connectivity index (χ2v) is 9.21. The second kappa shape index (κ2) is 9.00. The number of anilines is 2. The third kappa shape index (κ3) is 4.88. The number of nitrogens with zero attached hydrogens (tertiary/aromatic N) is 1. The van der Waals surface area contributed by atoms with Gasteiger partial charge in [-0.1, -0.05) is 32.0 Å². The summed E-state index contributed by atoms with van der Waals surface area (Å²) in [6.07, 6.45) is 0. The number of thiocarbonyl (C=S) groups is 1. The highest BCUT2D eigenvalue weighted by molar-refractivity contribution is 7.89. The molecule has 0 spiro atoms. The van der Waals surface area contributed by atoms with Crippen LogP contribution in [0.4, 0.5) is 11.4 Å². The Morgan fingerprint density at radius 3 is 2.32 bits per heavy atom. The summed E-state index contributed by atoms with van der Waals surface area (Å²) in [5.41, 5.74) is 2.86. The van der Waals surface area contributed by atoms with Crippen molar-refractivity contribution >= 4 is 38.7 Å². The van der Waals surface area contributed by atoms with E-state index in [9.17, 15) is 8.42 Å². The average molecular weight is 420 g/mol. The van der Waals surface area contributed by atoms with E-state index in [1.165, 1.54) is 9.87 Å². The van der Waals surface area contributed by atoms with Gasteiger partial charge in [0.2, 0.25) is 10.0 Å². The van der Waals surface area contributed by atoms with Gasteiger partial charge in [0.05, 0.1) is 18.1 Å². The molecule has 8 heteroatoms. The molecule has 1 aliphatic heterocycles. The molecule has 0 amide bonds. The summed E-state index contributed by atoms with van der Waals surface area (Å²) in [5, 5.41) is 6.78. The van der Waals surface area contributed by atoms with Gasteiger partial charge in [0, 0.05) is 24.5 Å². The molecule has 28 heavy (non-hydrogen) atoms. The molecule has 0 radical (unpaired) electrons. The van der Waals surface area contributed by atoms with Crippen molar-refractivity contribution in [3.8, 4) is 0 Å². The van der Waals surface area contributed by atoms with Crippen LogP contribution in [-0.2, 0) is 14.8 Å². The van der Waals surface area contributed by atoms with E-state index in [-0.39, 0.29) is 4.90 Å². The lowest BCUT2D eigenvalue weighted by atomic mass is 10.0. The number of nitrogens with one attached hydrogen (secondary N) is 2. The Hall–Kier alpha value is -2.00. The highest BCUT2D eigenvalue weighted by Gasteiger charge is 2.26. The molecule has 1 saturated heterocycles. The molecule has 1 aliphatic rings. The van der Waals surface area contributed by atoms with Gasteiger partial charge >= 0.3 is 0 Å². The summed E-state index contributed by atoms with van der Waals surface area (Å²) in [5.74, 6) is 0.371. The first kappa shape index (κ1) is 20.7. The van der Waals surface area contributed by atoms with Crippen molar-refractivity contribution in [2.75, 3.05) is 36.9 Å². The Bertz CT molecular complexity index is 922. The molecular weight excluding hydrogens is 394 g/mol. The van der Waals surface area contributed by atoms with Gasteiger partial charge in [0.25, 0.3) is 0 Å². The highest BCUT2D eigenvalue weighted by atomic mass is 32.2. The fourth-order valence-electron chi connectivity index (χ4n) is 3.05. The van der Waals surface area contributed by atoms with Gasteiger partial charge in [0.15, 0.2) is 5.11 Å². The number of morpholine rings is 1. The van der Waals surface area contributed by atoms with Gasteiger partial charge < -0.3 is 15.4 Å². The fraction of sp³-hybridized carbons (Fsp3) is 0.350. The molecule has 2 aromatic carbocycles. The summed E-state index contributed by atoms with van der Waals surface area (Å²) in [6, 6.07) is 14.6. The first-order valence-corrected chi connectivity index (χ1v) is 11.1. The zero-order valence-electron chi connectivity index (χ0n) is 16.0. The average Bonchev–Trinajstić information content (AvgIpc) is 2.69. The second-order valence-electron chi connectivity index (χ2n) is 6.86. The molecule has 150 valence electrons. The van der Waals surface area contributed by atoms with E-state index in [1.807, 2.05) is 18.2 Å². The minimum absolute atomic E-state index is 0.268. The number of para-hydroxylation sites is 1. The van der Waals surface area contributed by atoms with Gasteiger partial charge in [-0.2, -0.15) is 4.31 Å². The van der Waals surface area contributed by atoms with Gasteiger partial charge in [0.1, 0.15) is 0 Å². The SMILES string of the molecule is CC(C)c1ccccc1NC(=S)Nc1ccc(S(=O)(=O)N2CCOCC2)cc1. The fourth-order valence-corrected chi connectivity index (χ4v) is 4.68. The monoisotopic (exact) mass is 419 g/mol. The molecule has 2 aromatic rings. The standard InChI is InChI=1S/C20H25N3O3S2/c1-15(2)18-5-3-4-6-19(18)22-20(27)21-16-7-9-17(10-8-16)28(24,25)23-11-13-26-14-12-23/h3-10,15H,11-14H2,1-2H3,(H2,21,22,27). The molecule has 0 saturated carbocycles. The predicted molar refractivity (Wildman–Crippen MR) is 116 cm³/mol. The first-order chi connectivity index (χ1) is 13.4. The summed E-state index contributed by atoms with van der Waals surface area (Å²) < 4.78 is 32.0. The summed E-state index contributed by atoms with van der Waals surface area (Å²) >= 11 is 5.41. The quantitative estimate of drug-likeness (QED) is 0.721. The van der Waals surface area contributed by atoms with Gasteiger partial charge in [-0.3, -0.25) is 0 Å². The van der Waals surface area contributed by atoms with Crippen LogP contribution in [0, 0.1) is 0 Å². The number of hydrogen-bond donors (Lipinski definition) is 2. The maximum atomic E-state index is 12.7. The van der Waals surface area contributed by atoms with Crippen LogP contribution in [0.15, 0.2) is 53.4 Å². The third-order valence-electron chi connectivity index (χ3n) is 4.55. The van der Waals surface area contributed by atoms with Gasteiger partial charge in [-0.15, -0.1) is 0 Å². The maximum Gasteiger partial charge on any atom is 0.243 e. The van der Waals surface area contributed by atoms with Crippen LogP contribution in [0.25, 0.3) is 0 Å². The zero-order chi connectivity index (χ0) is 20.1. The van der Waals surface area contributed by atoms with Crippen molar-refractivity contribution in [3.05, 3.63) is 54.1 Å². The lowest BCUT2D eigenvalue weighted by Crippen LogP contribution is -2.40. The Kier molecular flexibility index (Phi) is 6.66. The Labute approximate surface area is 171 Å². The van der Waals surface area contributed by atoms with Crippen LogP contribution in [0.3, 0.4) is 0 Å². The first-order valence-electron chi connectivity index (χ1n) is 9.23. The molecule has 0 bridgehead atoms. The molecule has 6 nitrogen and oxygen atoms in total. The van der Waals surface area contributed by atoms with E-state index in [0.29, 0.717) is 37.3 Å². The highest BCUT2D eigenvalue weighted by Crippen LogP contribution is 2.24. The van der Waals surface area contributed by atoms with Crippen molar-refractivity contribution in [1.82, 2.24) is 4.31 Å². The van der Waals surface area contributed by atoms with E-state index < -0.39 is 10.0 Å². The topological polar surface area (TPSA) is 70.7 Å². The predicted octanol–water partition coefficient (Wildman–Crippen LogP) is 3.64. The van der Waals surface area contributed by atoms with Crippen LogP contribution >= 0.6 is 12.2 Å². The lowest BCUT2D eigenvalue weighted by Gasteiger charge is -2.26. The molecule has 0 atom stereocenters. The molecule has 2 N–H and O–H groups in total. The van der Waals surface area contributed by atoms with E-state index in [0.717, 1.165) is 11.4 Å². The Morgan fingerprint density at radius 2 is 1.68 bits per heavy atom. The smallest absolute Gasteiger partial charge is 0.243 e. The summed E-state index contributed by atoms with van der Waals surface area (Å²) in [4.78, 5) is 0.268. The minimum Gasteiger partial charge on any atom is -0.379 e. The third-order valence-corrected chi connectivity index (χ3v) is 6.67. The van der Waals surface area contributed by atoms with Crippen LogP contribution < -0.4 is 10.6 Å². The molecule has 0 aliphatic carbocycles. The Balaban J connectivity index is 1.67.